The highest BCUT2D eigenvalue weighted by molar-refractivity contribution is 5.91. The molecule has 2 aliphatic rings. The Morgan fingerprint density at radius 3 is 2.68 bits per heavy atom. The number of rotatable bonds is 2. The highest BCUT2D eigenvalue weighted by Crippen LogP contribution is 2.17. The Hall–Kier alpha value is -1.63. The summed E-state index contributed by atoms with van der Waals surface area (Å²) in [5, 5.41) is 14.3. The minimum absolute atomic E-state index is 0.288. The van der Waals surface area contributed by atoms with E-state index in [4.69, 9.17) is 4.74 Å². The number of nitrogens with one attached hydrogen (secondary N) is 1. The van der Waals surface area contributed by atoms with Gasteiger partial charge in [-0.1, -0.05) is 6.42 Å². The van der Waals surface area contributed by atoms with Crippen LogP contribution in [0.2, 0.25) is 0 Å². The number of morpholine rings is 1. The molecule has 0 bridgehead atoms. The molecule has 0 radical (unpaired) electrons. The lowest BCUT2D eigenvalue weighted by atomic mass is 10.1. The highest BCUT2D eigenvalue weighted by Gasteiger charge is 2.33. The molecule has 106 valence electrons. The van der Waals surface area contributed by atoms with Gasteiger partial charge in [-0.05, 0) is 19.3 Å². The van der Waals surface area contributed by atoms with Gasteiger partial charge in [-0.25, -0.2) is 0 Å². The predicted octanol–water partition coefficient (Wildman–Crippen LogP) is 0.497. The summed E-state index contributed by atoms with van der Waals surface area (Å²) in [6, 6.07) is 0. The van der Waals surface area contributed by atoms with Crippen molar-refractivity contribution in [1.29, 1.82) is 0 Å². The van der Waals surface area contributed by atoms with Crippen molar-refractivity contribution in [3.05, 3.63) is 21.5 Å². The number of carbonyl (C=O) groups is 1. The zero-order valence-electron chi connectivity index (χ0n) is 10.9. The normalized spacial score (nSPS) is 23.3. The Balaban J connectivity index is 2.20. The number of hydrogen-bond donors (Lipinski definition) is 1. The number of allylic oxidation sites excluding steroid dienone is 1. The van der Waals surface area contributed by atoms with Gasteiger partial charge in [-0.2, -0.15) is 0 Å². The first-order chi connectivity index (χ1) is 9.20. The molecule has 0 aliphatic carbocycles. The maximum absolute atomic E-state index is 12.3. The average Bonchev–Trinajstić information content (AvgIpc) is 2.68. The van der Waals surface area contributed by atoms with E-state index in [1.807, 2.05) is 0 Å². The Bertz CT molecular complexity index is 378. The largest absolute Gasteiger partial charge is 0.383 e. The molecule has 1 N–H and O–H groups in total. The van der Waals surface area contributed by atoms with Crippen LogP contribution in [0, 0.1) is 10.1 Å². The Kier molecular flexibility index (Phi) is 4.73. The van der Waals surface area contributed by atoms with E-state index in [0.29, 0.717) is 45.0 Å². The van der Waals surface area contributed by atoms with Gasteiger partial charge in [0.05, 0.1) is 23.8 Å². The van der Waals surface area contributed by atoms with Crippen LogP contribution in [0.4, 0.5) is 0 Å². The van der Waals surface area contributed by atoms with E-state index in [0.717, 1.165) is 19.3 Å². The predicted molar refractivity (Wildman–Crippen MR) is 67.9 cm³/mol. The van der Waals surface area contributed by atoms with Gasteiger partial charge in [-0.3, -0.25) is 14.9 Å². The van der Waals surface area contributed by atoms with Crippen molar-refractivity contribution < 1.29 is 14.5 Å². The molecule has 1 amide bonds. The average molecular weight is 269 g/mol. The SMILES string of the molecule is O=C(C(=C1CCCCCN1)[N+](=O)[O-])N1CCOCC1. The maximum atomic E-state index is 12.3. The number of carbonyl (C=O) groups excluding carboxylic acids is 1. The first kappa shape index (κ1) is 13.8. The van der Waals surface area contributed by atoms with Crippen molar-refractivity contribution >= 4 is 5.91 Å². The summed E-state index contributed by atoms with van der Waals surface area (Å²) < 4.78 is 5.16. The van der Waals surface area contributed by atoms with E-state index >= 15 is 0 Å². The molecule has 0 saturated carbocycles. The third-order valence-electron chi connectivity index (χ3n) is 3.41. The zero-order chi connectivity index (χ0) is 13.7. The lowest BCUT2D eigenvalue weighted by Gasteiger charge is -2.26. The van der Waals surface area contributed by atoms with E-state index in [1.165, 1.54) is 4.90 Å². The topological polar surface area (TPSA) is 84.7 Å². The van der Waals surface area contributed by atoms with Gasteiger partial charge in [0.2, 0.25) is 0 Å². The lowest BCUT2D eigenvalue weighted by molar-refractivity contribution is -0.421. The Morgan fingerprint density at radius 2 is 2.00 bits per heavy atom. The fraction of sp³-hybridized carbons (Fsp3) is 0.750. The van der Waals surface area contributed by atoms with E-state index in [-0.39, 0.29) is 5.70 Å². The van der Waals surface area contributed by atoms with Crippen molar-refractivity contribution in [3.8, 4) is 0 Å². The second-order valence-electron chi connectivity index (χ2n) is 4.73. The van der Waals surface area contributed by atoms with Crippen LogP contribution in [0.5, 0.6) is 0 Å². The molecule has 19 heavy (non-hydrogen) atoms. The van der Waals surface area contributed by atoms with Crippen LogP contribution in [0.3, 0.4) is 0 Å². The maximum Gasteiger partial charge on any atom is 0.352 e. The molecule has 2 heterocycles. The van der Waals surface area contributed by atoms with Gasteiger partial charge in [0.15, 0.2) is 0 Å². The molecule has 2 rings (SSSR count). The molecular weight excluding hydrogens is 250 g/mol. The van der Waals surface area contributed by atoms with Crippen LogP contribution in [0.15, 0.2) is 11.4 Å². The number of amides is 1. The number of nitro groups is 1. The quantitative estimate of drug-likeness (QED) is 0.448. The molecule has 2 aliphatic heterocycles. The number of hydrogen-bond acceptors (Lipinski definition) is 5. The van der Waals surface area contributed by atoms with Gasteiger partial charge >= 0.3 is 11.6 Å². The summed E-state index contributed by atoms with van der Waals surface area (Å²) in [6.45, 7) is 2.43. The zero-order valence-corrected chi connectivity index (χ0v) is 10.9. The van der Waals surface area contributed by atoms with Crippen LogP contribution in [0.1, 0.15) is 25.7 Å². The fourth-order valence-corrected chi connectivity index (χ4v) is 2.37. The summed E-state index contributed by atoms with van der Waals surface area (Å²) in [4.78, 5) is 24.5. The minimum atomic E-state index is -0.550. The smallest absolute Gasteiger partial charge is 0.352 e. The van der Waals surface area contributed by atoms with Gasteiger partial charge in [0.25, 0.3) is 0 Å². The van der Waals surface area contributed by atoms with Crippen LogP contribution >= 0.6 is 0 Å². The summed E-state index contributed by atoms with van der Waals surface area (Å²) in [5.74, 6) is -0.488. The molecule has 2 saturated heterocycles. The van der Waals surface area contributed by atoms with E-state index in [9.17, 15) is 14.9 Å². The number of ether oxygens (including phenoxy) is 1. The van der Waals surface area contributed by atoms with Gasteiger partial charge in [0.1, 0.15) is 0 Å². The van der Waals surface area contributed by atoms with E-state index in [1.54, 1.807) is 0 Å². The molecule has 7 heteroatoms. The van der Waals surface area contributed by atoms with Crippen LogP contribution < -0.4 is 5.32 Å². The number of nitrogens with zero attached hydrogens (tertiary/aromatic N) is 2. The molecular formula is C12H19N3O4. The van der Waals surface area contributed by atoms with Crippen molar-refractivity contribution in [2.24, 2.45) is 0 Å². The fourth-order valence-electron chi connectivity index (χ4n) is 2.37. The third kappa shape index (κ3) is 3.44. The van der Waals surface area contributed by atoms with E-state index in [2.05, 4.69) is 5.32 Å². The summed E-state index contributed by atoms with van der Waals surface area (Å²) >= 11 is 0. The molecule has 2 fully saturated rings. The summed E-state index contributed by atoms with van der Waals surface area (Å²) in [7, 11) is 0. The highest BCUT2D eigenvalue weighted by atomic mass is 16.6. The monoisotopic (exact) mass is 269 g/mol. The van der Waals surface area contributed by atoms with Gasteiger partial charge in [0, 0.05) is 19.6 Å². The lowest BCUT2D eigenvalue weighted by Crippen LogP contribution is -2.43. The first-order valence-electron chi connectivity index (χ1n) is 6.68. The van der Waals surface area contributed by atoms with Crippen LogP contribution in [-0.2, 0) is 9.53 Å². The standard InChI is InChI=1S/C12H19N3O4/c16-12(14-6-8-19-9-7-14)11(15(17)18)10-4-2-1-3-5-13-10/h13H,1-9H2. The first-order valence-corrected chi connectivity index (χ1v) is 6.68. The molecule has 7 nitrogen and oxygen atoms in total. The molecule has 0 aromatic carbocycles. The summed E-state index contributed by atoms with van der Waals surface area (Å²) in [6.07, 6.45) is 3.48. The van der Waals surface area contributed by atoms with Crippen LogP contribution in [0.25, 0.3) is 0 Å². The molecule has 0 atom stereocenters. The Morgan fingerprint density at radius 1 is 1.26 bits per heavy atom. The molecule has 0 unspecified atom stereocenters. The van der Waals surface area contributed by atoms with Gasteiger partial charge < -0.3 is 15.0 Å². The Labute approximate surface area is 111 Å². The van der Waals surface area contributed by atoms with Gasteiger partial charge in [-0.15, -0.1) is 0 Å². The summed E-state index contributed by atoms with van der Waals surface area (Å²) in [5.41, 5.74) is 0.197. The molecule has 0 aromatic rings. The van der Waals surface area contributed by atoms with Crippen molar-refractivity contribution in [3.63, 3.8) is 0 Å². The van der Waals surface area contributed by atoms with Crippen molar-refractivity contribution in [1.82, 2.24) is 10.2 Å². The van der Waals surface area contributed by atoms with Crippen LogP contribution in [-0.4, -0.2) is 48.6 Å². The molecule has 0 aromatic heterocycles. The minimum Gasteiger partial charge on any atom is -0.383 e. The second-order valence-corrected chi connectivity index (χ2v) is 4.73. The second kappa shape index (κ2) is 6.51. The van der Waals surface area contributed by atoms with Crippen molar-refractivity contribution in [2.45, 2.75) is 25.7 Å². The van der Waals surface area contributed by atoms with E-state index < -0.39 is 10.8 Å². The molecule has 0 spiro atoms. The third-order valence-corrected chi connectivity index (χ3v) is 3.41. The van der Waals surface area contributed by atoms with Crippen molar-refractivity contribution in [2.75, 3.05) is 32.8 Å².